The van der Waals surface area contributed by atoms with Gasteiger partial charge >= 0.3 is 0 Å². The minimum Gasteiger partial charge on any atom is -0.493 e. The molecule has 0 N–H and O–H groups in total. The van der Waals surface area contributed by atoms with Gasteiger partial charge < -0.3 is 14.2 Å². The zero-order chi connectivity index (χ0) is 19.8. The molecule has 5 nitrogen and oxygen atoms in total. The molecule has 3 aromatic rings. The number of para-hydroxylation sites is 1. The van der Waals surface area contributed by atoms with E-state index in [-0.39, 0.29) is 0 Å². The maximum Gasteiger partial charge on any atom is 0.203 e. The second-order valence-electron chi connectivity index (χ2n) is 6.05. The molecule has 0 bridgehead atoms. The molecule has 5 heteroatoms. The van der Waals surface area contributed by atoms with Gasteiger partial charge in [0.2, 0.25) is 5.75 Å². The molecule has 0 atom stereocenters. The van der Waals surface area contributed by atoms with Gasteiger partial charge in [-0.15, -0.1) is 0 Å². The van der Waals surface area contributed by atoms with Crippen molar-refractivity contribution < 1.29 is 14.2 Å². The molecule has 144 valence electrons. The number of benzene rings is 3. The Morgan fingerprint density at radius 2 is 1.39 bits per heavy atom. The number of hydrogen-bond acceptors (Lipinski definition) is 5. The highest BCUT2D eigenvalue weighted by atomic mass is 16.5. The predicted octanol–water partition coefficient (Wildman–Crippen LogP) is 4.75. The van der Waals surface area contributed by atoms with E-state index < -0.39 is 0 Å². The third-order valence-corrected chi connectivity index (χ3v) is 4.30. The molecular weight excluding hydrogens is 352 g/mol. The Hall–Kier alpha value is -3.47. The van der Waals surface area contributed by atoms with Gasteiger partial charge in [-0.25, -0.2) is 0 Å². The minimum atomic E-state index is 0.545. The highest BCUT2D eigenvalue weighted by Crippen LogP contribution is 2.39. The van der Waals surface area contributed by atoms with Crippen molar-refractivity contribution in [1.29, 1.82) is 0 Å². The molecule has 0 amide bonds. The van der Waals surface area contributed by atoms with Crippen LogP contribution >= 0.6 is 0 Å². The Morgan fingerprint density at radius 3 is 2.00 bits per heavy atom. The fourth-order valence-electron chi connectivity index (χ4n) is 2.91. The van der Waals surface area contributed by atoms with Crippen LogP contribution in [0, 0.1) is 0 Å². The van der Waals surface area contributed by atoms with Crippen LogP contribution in [0.25, 0.3) is 0 Å². The molecule has 0 saturated heterocycles. The van der Waals surface area contributed by atoms with E-state index in [0.717, 1.165) is 11.3 Å². The SMILES string of the molecule is COc1ccc(C=NN(Cc2ccccc2)c2ccccc2)c(OC)c1OC. The monoisotopic (exact) mass is 376 g/mol. The highest BCUT2D eigenvalue weighted by molar-refractivity contribution is 5.86. The fourth-order valence-corrected chi connectivity index (χ4v) is 2.91. The van der Waals surface area contributed by atoms with Crippen LogP contribution in [0.3, 0.4) is 0 Å². The Labute approximate surface area is 165 Å². The molecule has 0 radical (unpaired) electrons. The molecule has 28 heavy (non-hydrogen) atoms. The molecule has 0 heterocycles. The van der Waals surface area contributed by atoms with E-state index in [1.807, 2.05) is 65.7 Å². The summed E-state index contributed by atoms with van der Waals surface area (Å²) in [6.07, 6.45) is 1.77. The summed E-state index contributed by atoms with van der Waals surface area (Å²) in [4.78, 5) is 0. The molecule has 0 aliphatic heterocycles. The summed E-state index contributed by atoms with van der Waals surface area (Å²) in [6, 6.07) is 24.0. The normalized spacial score (nSPS) is 10.7. The topological polar surface area (TPSA) is 43.3 Å². The minimum absolute atomic E-state index is 0.545. The summed E-state index contributed by atoms with van der Waals surface area (Å²) in [6.45, 7) is 0.650. The van der Waals surface area contributed by atoms with E-state index in [9.17, 15) is 0 Å². The van der Waals surface area contributed by atoms with Gasteiger partial charge in [-0.1, -0.05) is 48.5 Å². The summed E-state index contributed by atoms with van der Waals surface area (Å²) >= 11 is 0. The van der Waals surface area contributed by atoms with Crippen molar-refractivity contribution in [2.24, 2.45) is 5.10 Å². The lowest BCUT2D eigenvalue weighted by Gasteiger charge is -2.20. The first-order valence-electron chi connectivity index (χ1n) is 8.96. The second-order valence-corrected chi connectivity index (χ2v) is 6.05. The Kier molecular flexibility index (Phi) is 6.52. The van der Waals surface area contributed by atoms with E-state index in [4.69, 9.17) is 19.3 Å². The van der Waals surface area contributed by atoms with Crippen molar-refractivity contribution in [3.63, 3.8) is 0 Å². The van der Waals surface area contributed by atoms with Gasteiger partial charge in [0, 0.05) is 5.56 Å². The van der Waals surface area contributed by atoms with Gasteiger partial charge in [0.1, 0.15) is 0 Å². The van der Waals surface area contributed by atoms with Crippen molar-refractivity contribution in [2.75, 3.05) is 26.3 Å². The molecule has 0 unspecified atom stereocenters. The van der Waals surface area contributed by atoms with E-state index in [2.05, 4.69) is 12.1 Å². The van der Waals surface area contributed by atoms with Crippen LogP contribution in [0.2, 0.25) is 0 Å². The summed E-state index contributed by atoms with van der Waals surface area (Å²) in [5.74, 6) is 1.74. The third-order valence-electron chi connectivity index (χ3n) is 4.30. The van der Waals surface area contributed by atoms with Gasteiger partial charge in [-0.05, 0) is 29.8 Å². The molecule has 0 spiro atoms. The van der Waals surface area contributed by atoms with E-state index >= 15 is 0 Å². The van der Waals surface area contributed by atoms with Crippen LogP contribution in [0.5, 0.6) is 17.2 Å². The summed E-state index contributed by atoms with van der Waals surface area (Å²) in [7, 11) is 4.79. The van der Waals surface area contributed by atoms with Crippen LogP contribution < -0.4 is 19.2 Å². The smallest absolute Gasteiger partial charge is 0.203 e. The maximum absolute atomic E-state index is 5.55. The van der Waals surface area contributed by atoms with Crippen molar-refractivity contribution >= 4 is 11.9 Å². The number of ether oxygens (including phenoxy) is 3. The van der Waals surface area contributed by atoms with Crippen LogP contribution in [0.15, 0.2) is 77.9 Å². The first kappa shape index (κ1) is 19.3. The van der Waals surface area contributed by atoms with Crippen LogP contribution in [0.4, 0.5) is 5.69 Å². The predicted molar refractivity (Wildman–Crippen MR) is 113 cm³/mol. The lowest BCUT2D eigenvalue weighted by molar-refractivity contribution is 0.324. The van der Waals surface area contributed by atoms with Gasteiger partial charge in [-0.2, -0.15) is 5.10 Å². The highest BCUT2D eigenvalue weighted by Gasteiger charge is 2.15. The summed E-state index contributed by atoms with van der Waals surface area (Å²) < 4.78 is 16.4. The Bertz CT molecular complexity index is 912. The lowest BCUT2D eigenvalue weighted by atomic mass is 10.2. The summed E-state index contributed by atoms with van der Waals surface area (Å²) in [5, 5.41) is 6.68. The maximum atomic E-state index is 5.55. The molecule has 0 aliphatic rings. The molecule has 3 aromatic carbocycles. The largest absolute Gasteiger partial charge is 0.493 e. The van der Waals surface area contributed by atoms with Gasteiger partial charge in [0.05, 0.1) is 39.8 Å². The van der Waals surface area contributed by atoms with Crippen LogP contribution in [0.1, 0.15) is 11.1 Å². The number of rotatable bonds is 8. The van der Waals surface area contributed by atoms with E-state index in [1.165, 1.54) is 5.56 Å². The standard InChI is InChI=1S/C23H24N2O3/c1-26-21-15-14-19(22(27-2)23(21)28-3)16-24-25(20-12-8-5-9-13-20)17-18-10-6-4-7-11-18/h4-16H,17H2,1-3H3. The van der Waals surface area contributed by atoms with Gasteiger partial charge in [0.25, 0.3) is 0 Å². The Morgan fingerprint density at radius 1 is 0.750 bits per heavy atom. The quantitative estimate of drug-likeness (QED) is 0.420. The first-order valence-corrected chi connectivity index (χ1v) is 8.96. The third kappa shape index (κ3) is 4.43. The zero-order valence-electron chi connectivity index (χ0n) is 16.3. The average Bonchev–Trinajstić information content (AvgIpc) is 2.77. The molecular formula is C23H24N2O3. The molecule has 0 saturated carbocycles. The number of anilines is 1. The van der Waals surface area contributed by atoms with Crippen LogP contribution in [-0.2, 0) is 6.54 Å². The zero-order valence-corrected chi connectivity index (χ0v) is 16.3. The van der Waals surface area contributed by atoms with Crippen molar-refractivity contribution in [2.45, 2.75) is 6.54 Å². The molecule has 0 aromatic heterocycles. The van der Waals surface area contributed by atoms with Crippen molar-refractivity contribution in [3.8, 4) is 17.2 Å². The van der Waals surface area contributed by atoms with E-state index in [0.29, 0.717) is 23.8 Å². The number of hydrazone groups is 1. The first-order chi connectivity index (χ1) is 13.8. The number of hydrogen-bond donors (Lipinski definition) is 0. The van der Waals surface area contributed by atoms with Gasteiger partial charge in [0.15, 0.2) is 11.5 Å². The Balaban J connectivity index is 1.95. The molecule has 0 fully saturated rings. The number of methoxy groups -OCH3 is 3. The number of nitrogens with zero attached hydrogens (tertiary/aromatic N) is 2. The van der Waals surface area contributed by atoms with Crippen molar-refractivity contribution in [3.05, 3.63) is 83.9 Å². The van der Waals surface area contributed by atoms with E-state index in [1.54, 1.807) is 27.5 Å². The van der Waals surface area contributed by atoms with Crippen molar-refractivity contribution in [1.82, 2.24) is 0 Å². The molecule has 0 aliphatic carbocycles. The molecule has 3 rings (SSSR count). The second kappa shape index (κ2) is 9.46. The lowest BCUT2D eigenvalue weighted by Crippen LogP contribution is -2.16. The van der Waals surface area contributed by atoms with Crippen LogP contribution in [-0.4, -0.2) is 27.5 Å². The van der Waals surface area contributed by atoms with Gasteiger partial charge in [-0.3, -0.25) is 5.01 Å². The summed E-state index contributed by atoms with van der Waals surface area (Å²) in [5.41, 5.74) is 2.97. The average molecular weight is 376 g/mol. The fraction of sp³-hybridized carbons (Fsp3) is 0.174.